The minimum absolute atomic E-state index is 0.103. The van der Waals surface area contributed by atoms with Crippen molar-refractivity contribution in [2.45, 2.75) is 109 Å². The fourth-order valence-corrected chi connectivity index (χ4v) is 6.01. The average molecular weight is 664 g/mol. The van der Waals surface area contributed by atoms with Crippen LogP contribution in [0.3, 0.4) is 0 Å². The minimum atomic E-state index is -1.16. The summed E-state index contributed by atoms with van der Waals surface area (Å²) in [6, 6.07) is 12.4. The van der Waals surface area contributed by atoms with Crippen LogP contribution in [0.15, 0.2) is 48.5 Å². The fraction of sp³-hybridized carbons (Fsp3) is 0.528. The number of carbonyl (C=O) groups excluding carboxylic acids is 5. The van der Waals surface area contributed by atoms with Gasteiger partial charge in [-0.25, -0.2) is 14.5 Å². The monoisotopic (exact) mass is 663 g/mol. The summed E-state index contributed by atoms with van der Waals surface area (Å²) in [4.78, 5) is 69.5. The van der Waals surface area contributed by atoms with Gasteiger partial charge in [0.25, 0.3) is 0 Å². The van der Waals surface area contributed by atoms with Crippen LogP contribution in [0, 0.1) is 0 Å². The summed E-state index contributed by atoms with van der Waals surface area (Å²) < 4.78 is 11.1. The number of benzene rings is 2. The molecule has 0 unspecified atom stereocenters. The molecule has 5 amide bonds. The second-order valence-corrected chi connectivity index (χ2v) is 14.4. The number of fused-ring (bicyclic) bond motifs is 1. The first-order valence-electron chi connectivity index (χ1n) is 16.6. The molecule has 0 aromatic heterocycles. The molecule has 1 aliphatic heterocycles. The van der Waals surface area contributed by atoms with Gasteiger partial charge in [-0.3, -0.25) is 19.3 Å². The molecule has 48 heavy (non-hydrogen) atoms. The van der Waals surface area contributed by atoms with Crippen LogP contribution in [-0.2, 0) is 43.1 Å². The molecule has 1 fully saturated rings. The fourth-order valence-electron chi connectivity index (χ4n) is 6.01. The van der Waals surface area contributed by atoms with Gasteiger partial charge in [-0.05, 0) is 109 Å². The number of anilines is 1. The van der Waals surface area contributed by atoms with Crippen LogP contribution in [0.1, 0.15) is 77.5 Å². The minimum Gasteiger partial charge on any atom is -0.444 e. The highest BCUT2D eigenvalue weighted by Crippen LogP contribution is 2.28. The number of hydrogen-bond acceptors (Lipinski definition) is 8. The Bertz CT molecular complexity index is 1500. The lowest BCUT2D eigenvalue weighted by atomic mass is 10.0. The molecule has 1 aliphatic carbocycles. The molecule has 0 saturated carbocycles. The van der Waals surface area contributed by atoms with Gasteiger partial charge in [0.05, 0.1) is 12.6 Å². The zero-order chi connectivity index (χ0) is 35.2. The van der Waals surface area contributed by atoms with Gasteiger partial charge in [0, 0.05) is 12.2 Å². The lowest BCUT2D eigenvalue weighted by molar-refractivity contribution is -0.131. The molecular formula is C36H49N5O7. The lowest BCUT2D eigenvalue weighted by Gasteiger charge is -2.30. The largest absolute Gasteiger partial charge is 0.444 e. The molecule has 260 valence electrons. The van der Waals surface area contributed by atoms with Gasteiger partial charge in [-0.2, -0.15) is 0 Å². The number of nitrogens with zero attached hydrogens (tertiary/aromatic N) is 2. The van der Waals surface area contributed by atoms with Crippen LogP contribution < -0.4 is 16.4 Å². The Morgan fingerprint density at radius 3 is 2.25 bits per heavy atom. The summed E-state index contributed by atoms with van der Waals surface area (Å²) >= 11 is 0. The van der Waals surface area contributed by atoms with E-state index in [1.807, 2.05) is 48.5 Å². The number of imide groups is 1. The second kappa shape index (κ2) is 15.2. The van der Waals surface area contributed by atoms with Gasteiger partial charge >= 0.3 is 12.2 Å². The number of carbonyl (C=O) groups is 5. The Kier molecular flexibility index (Phi) is 11.5. The maximum Gasteiger partial charge on any atom is 0.417 e. The van der Waals surface area contributed by atoms with E-state index < -0.39 is 65.8 Å². The lowest BCUT2D eigenvalue weighted by Crippen LogP contribution is -2.52. The topological polar surface area (TPSA) is 160 Å². The van der Waals surface area contributed by atoms with Gasteiger partial charge in [0.2, 0.25) is 17.7 Å². The maximum atomic E-state index is 14.1. The summed E-state index contributed by atoms with van der Waals surface area (Å²) in [5.41, 5.74) is 7.96. The first-order valence-corrected chi connectivity index (χ1v) is 16.6. The van der Waals surface area contributed by atoms with E-state index in [4.69, 9.17) is 15.2 Å². The van der Waals surface area contributed by atoms with Gasteiger partial charge in [0.15, 0.2) is 0 Å². The third-order valence-corrected chi connectivity index (χ3v) is 8.17. The van der Waals surface area contributed by atoms with Crippen LogP contribution in [0.2, 0.25) is 0 Å². The van der Waals surface area contributed by atoms with Crippen molar-refractivity contribution in [1.29, 1.82) is 0 Å². The predicted molar refractivity (Wildman–Crippen MR) is 181 cm³/mol. The maximum absolute atomic E-state index is 14.1. The summed E-state index contributed by atoms with van der Waals surface area (Å²) in [5.74, 6) is -1.73. The van der Waals surface area contributed by atoms with E-state index in [-0.39, 0.29) is 19.4 Å². The Morgan fingerprint density at radius 1 is 0.938 bits per heavy atom. The molecule has 1 heterocycles. The zero-order valence-electron chi connectivity index (χ0n) is 28.8. The van der Waals surface area contributed by atoms with E-state index in [0.29, 0.717) is 12.1 Å². The Balaban J connectivity index is 1.60. The molecular weight excluding hydrogens is 614 g/mol. The van der Waals surface area contributed by atoms with Crippen LogP contribution in [0.25, 0.3) is 0 Å². The van der Waals surface area contributed by atoms with E-state index in [1.54, 1.807) is 41.5 Å². The number of rotatable bonds is 9. The van der Waals surface area contributed by atoms with Crippen LogP contribution in [0.4, 0.5) is 15.3 Å². The first-order chi connectivity index (χ1) is 22.5. The van der Waals surface area contributed by atoms with E-state index in [9.17, 15) is 24.0 Å². The molecule has 12 heteroatoms. The molecule has 0 bridgehead atoms. The Labute approximate surface area is 282 Å². The average Bonchev–Trinajstić information content (AvgIpc) is 3.65. The highest BCUT2D eigenvalue weighted by Gasteiger charge is 2.47. The third kappa shape index (κ3) is 9.79. The van der Waals surface area contributed by atoms with Gasteiger partial charge < -0.3 is 25.8 Å². The molecule has 12 nitrogen and oxygen atoms in total. The SMILES string of the molecule is CC(C)(C)OC(=O)N1C[C@H](N(C(=O)CN)C(=O)OC(C)(C)C)C[C@H]1C(=O)N[C@H](CCc1ccccc1)C(=O)Nc1ccc2c(c1)CCC2. The molecule has 2 aromatic rings. The van der Waals surface area contributed by atoms with Crippen molar-refractivity contribution in [3.8, 4) is 0 Å². The van der Waals surface area contributed by atoms with Crippen molar-refractivity contribution in [1.82, 2.24) is 15.1 Å². The van der Waals surface area contributed by atoms with Crippen molar-refractivity contribution < 1.29 is 33.4 Å². The number of aryl methyl sites for hydroxylation is 3. The highest BCUT2D eigenvalue weighted by molar-refractivity contribution is 5.99. The van der Waals surface area contributed by atoms with E-state index in [1.165, 1.54) is 16.0 Å². The molecule has 0 spiro atoms. The number of likely N-dealkylation sites (tertiary alicyclic amines) is 1. The summed E-state index contributed by atoms with van der Waals surface area (Å²) in [7, 11) is 0. The summed E-state index contributed by atoms with van der Waals surface area (Å²) in [6.07, 6.45) is 1.99. The summed E-state index contributed by atoms with van der Waals surface area (Å²) in [6.45, 7) is 9.41. The van der Waals surface area contributed by atoms with Crippen molar-refractivity contribution >= 4 is 35.6 Å². The van der Waals surface area contributed by atoms with Crippen molar-refractivity contribution in [2.24, 2.45) is 5.73 Å². The third-order valence-electron chi connectivity index (χ3n) is 8.17. The normalized spacial score (nSPS) is 18.0. The van der Waals surface area contributed by atoms with Crippen LogP contribution >= 0.6 is 0 Å². The van der Waals surface area contributed by atoms with Crippen LogP contribution in [0.5, 0.6) is 0 Å². The highest BCUT2D eigenvalue weighted by atomic mass is 16.6. The molecule has 4 rings (SSSR count). The molecule has 2 aliphatic rings. The number of nitrogens with one attached hydrogen (secondary N) is 2. The molecule has 3 atom stereocenters. The number of nitrogens with two attached hydrogens (primary N) is 1. The van der Waals surface area contributed by atoms with Crippen molar-refractivity contribution in [3.05, 3.63) is 65.2 Å². The first kappa shape index (κ1) is 36.4. The van der Waals surface area contributed by atoms with Gasteiger partial charge in [0.1, 0.15) is 23.3 Å². The Hall–Kier alpha value is -4.45. The standard InChI is InChI=1S/C36H49N5O7/c1-35(2,3)47-33(45)40-22-27(41(30(42)21-37)34(46)48-36(4,5)6)20-29(40)32(44)39-28(18-15-23-11-8-7-9-12-23)31(43)38-26-17-16-24-13-10-14-25(24)19-26/h7-9,11-12,16-17,19,27-29H,10,13-15,18,20-22,37H2,1-6H3,(H,38,43)(H,39,44)/t27-,28-,29+/m1/s1. The number of hydrogen-bond donors (Lipinski definition) is 3. The van der Waals surface area contributed by atoms with Crippen molar-refractivity contribution in [3.63, 3.8) is 0 Å². The van der Waals surface area contributed by atoms with Crippen molar-refractivity contribution in [2.75, 3.05) is 18.4 Å². The van der Waals surface area contributed by atoms with Crippen LogP contribution in [-0.4, -0.2) is 82.1 Å². The molecule has 4 N–H and O–H groups in total. The number of amides is 5. The second-order valence-electron chi connectivity index (χ2n) is 14.4. The zero-order valence-corrected chi connectivity index (χ0v) is 28.8. The Morgan fingerprint density at radius 2 is 1.60 bits per heavy atom. The van der Waals surface area contributed by atoms with Gasteiger partial charge in [-0.1, -0.05) is 36.4 Å². The smallest absolute Gasteiger partial charge is 0.417 e. The predicted octanol–water partition coefficient (Wildman–Crippen LogP) is 4.33. The quantitative estimate of drug-likeness (QED) is 0.357. The van der Waals surface area contributed by atoms with E-state index >= 15 is 0 Å². The molecule has 2 aromatic carbocycles. The molecule has 0 radical (unpaired) electrons. The number of ether oxygens (including phenoxy) is 2. The van der Waals surface area contributed by atoms with E-state index in [2.05, 4.69) is 10.6 Å². The molecule has 1 saturated heterocycles. The van der Waals surface area contributed by atoms with E-state index in [0.717, 1.165) is 29.7 Å². The van der Waals surface area contributed by atoms with Gasteiger partial charge in [-0.15, -0.1) is 0 Å². The summed E-state index contributed by atoms with van der Waals surface area (Å²) in [5, 5.41) is 5.84.